The van der Waals surface area contributed by atoms with Gasteiger partial charge in [0.1, 0.15) is 13.3 Å². The number of benzene rings is 2. The third-order valence-electron chi connectivity index (χ3n) is 3.72. The number of hydrogen-bond acceptors (Lipinski definition) is 6. The highest BCUT2D eigenvalue weighted by Crippen LogP contribution is 2.30. The predicted octanol–water partition coefficient (Wildman–Crippen LogP) is 2.85. The molecule has 128 valence electrons. The zero-order valence-corrected chi connectivity index (χ0v) is 14.0. The van der Waals surface area contributed by atoms with Crippen molar-refractivity contribution in [2.24, 2.45) is 15.4 Å². The fourth-order valence-corrected chi connectivity index (χ4v) is 2.65. The van der Waals surface area contributed by atoms with E-state index in [1.807, 2.05) is 30.3 Å². The van der Waals surface area contributed by atoms with Gasteiger partial charge in [0, 0.05) is 23.5 Å². The Balaban J connectivity index is 2.14. The zero-order valence-electron chi connectivity index (χ0n) is 14.0. The van der Waals surface area contributed by atoms with Crippen LogP contribution in [0.2, 0.25) is 0 Å². The van der Waals surface area contributed by atoms with E-state index in [0.29, 0.717) is 11.4 Å². The standard InChI is InChI=1S/C18H18N4O3/c1-19-21-25-14-8-9-16-15(10-14)18(13-6-4-3-5-7-13)20-11-17(23)22(16)12-24-2/h3-10H,11-12H2,1-2H3. The molecule has 1 aliphatic heterocycles. The van der Waals surface area contributed by atoms with Crippen LogP contribution in [0.15, 0.2) is 63.9 Å². The molecule has 7 heteroatoms. The lowest BCUT2D eigenvalue weighted by Crippen LogP contribution is -2.34. The van der Waals surface area contributed by atoms with Crippen LogP contribution in [0, 0.1) is 0 Å². The molecule has 0 saturated carbocycles. The molecule has 0 N–H and O–H groups in total. The van der Waals surface area contributed by atoms with Crippen molar-refractivity contribution in [1.29, 1.82) is 0 Å². The summed E-state index contributed by atoms with van der Waals surface area (Å²) in [6.07, 6.45) is 0. The van der Waals surface area contributed by atoms with Gasteiger partial charge in [-0.1, -0.05) is 30.3 Å². The molecule has 0 aromatic heterocycles. The predicted molar refractivity (Wildman–Crippen MR) is 94.2 cm³/mol. The van der Waals surface area contributed by atoms with Gasteiger partial charge in [-0.15, -0.1) is 0 Å². The molecular weight excluding hydrogens is 320 g/mol. The molecule has 0 fully saturated rings. The third-order valence-corrected chi connectivity index (χ3v) is 3.72. The highest BCUT2D eigenvalue weighted by Gasteiger charge is 2.25. The molecule has 0 radical (unpaired) electrons. The van der Waals surface area contributed by atoms with E-state index in [1.54, 1.807) is 30.2 Å². The van der Waals surface area contributed by atoms with Crippen molar-refractivity contribution in [2.45, 2.75) is 0 Å². The van der Waals surface area contributed by atoms with Gasteiger partial charge in [0.25, 0.3) is 5.91 Å². The van der Waals surface area contributed by atoms with Crippen LogP contribution in [-0.2, 0) is 9.53 Å². The Hall–Kier alpha value is -3.06. The molecule has 0 unspecified atom stereocenters. The van der Waals surface area contributed by atoms with Gasteiger partial charge in [-0.05, 0) is 18.2 Å². The van der Waals surface area contributed by atoms with Crippen molar-refractivity contribution in [3.63, 3.8) is 0 Å². The van der Waals surface area contributed by atoms with Crippen LogP contribution in [0.4, 0.5) is 5.69 Å². The van der Waals surface area contributed by atoms with E-state index < -0.39 is 0 Å². The minimum absolute atomic E-state index is 0.0487. The van der Waals surface area contributed by atoms with Crippen LogP contribution in [0.5, 0.6) is 5.75 Å². The molecule has 7 nitrogen and oxygen atoms in total. The lowest BCUT2D eigenvalue weighted by Gasteiger charge is -2.22. The summed E-state index contributed by atoms with van der Waals surface area (Å²) in [6, 6.07) is 15.1. The maximum Gasteiger partial charge on any atom is 0.250 e. The number of benzodiazepines with no additional fused rings is 1. The average Bonchev–Trinajstić information content (AvgIpc) is 2.78. The van der Waals surface area contributed by atoms with E-state index in [-0.39, 0.29) is 19.2 Å². The Bertz CT molecular complexity index is 818. The average molecular weight is 338 g/mol. The number of nitrogens with zero attached hydrogens (tertiary/aromatic N) is 4. The van der Waals surface area contributed by atoms with E-state index in [1.165, 1.54) is 7.05 Å². The van der Waals surface area contributed by atoms with Gasteiger partial charge in [-0.2, -0.15) is 5.11 Å². The highest BCUT2D eigenvalue weighted by atomic mass is 16.6. The molecule has 3 rings (SSSR count). The number of carbonyl (C=O) groups is 1. The smallest absolute Gasteiger partial charge is 0.250 e. The van der Waals surface area contributed by atoms with E-state index in [4.69, 9.17) is 9.57 Å². The molecule has 2 aromatic rings. The van der Waals surface area contributed by atoms with Gasteiger partial charge in [-0.3, -0.25) is 14.7 Å². The molecule has 2 aromatic carbocycles. The van der Waals surface area contributed by atoms with Crippen LogP contribution in [0.25, 0.3) is 0 Å². The van der Waals surface area contributed by atoms with Gasteiger partial charge in [0.2, 0.25) is 0 Å². The fraction of sp³-hybridized carbons (Fsp3) is 0.222. The maximum atomic E-state index is 12.5. The van der Waals surface area contributed by atoms with Crippen LogP contribution in [0.3, 0.4) is 0 Å². The molecule has 0 bridgehead atoms. The van der Waals surface area contributed by atoms with Crippen molar-refractivity contribution in [3.05, 3.63) is 59.7 Å². The third kappa shape index (κ3) is 3.56. The Kier molecular flexibility index (Phi) is 5.15. The van der Waals surface area contributed by atoms with Crippen molar-refractivity contribution in [3.8, 4) is 5.75 Å². The number of ether oxygens (including phenoxy) is 1. The lowest BCUT2D eigenvalue weighted by atomic mass is 10.00. The van der Waals surface area contributed by atoms with E-state index in [0.717, 1.165) is 16.8 Å². The van der Waals surface area contributed by atoms with E-state index in [9.17, 15) is 4.79 Å². The largest absolute Gasteiger partial charge is 0.364 e. The number of rotatable bonds is 5. The summed E-state index contributed by atoms with van der Waals surface area (Å²) in [5.41, 5.74) is 3.14. The Labute approximate surface area is 145 Å². The summed E-state index contributed by atoms with van der Waals surface area (Å²) in [5.74, 6) is 0.385. The topological polar surface area (TPSA) is 75.9 Å². The number of carbonyl (C=O) groups excluding carboxylic acids is 1. The summed E-state index contributed by atoms with van der Waals surface area (Å²) in [4.78, 5) is 23.8. The second-order valence-electron chi connectivity index (χ2n) is 5.32. The first kappa shape index (κ1) is 16.8. The SMILES string of the molecule is CN=NOc1ccc2c(c1)C(c1ccccc1)=NCC(=O)N2COC. The van der Waals surface area contributed by atoms with Crippen molar-refractivity contribution < 1.29 is 14.4 Å². The molecular formula is C18H18N4O3. The molecule has 1 aliphatic rings. The monoisotopic (exact) mass is 338 g/mol. The van der Waals surface area contributed by atoms with Gasteiger partial charge >= 0.3 is 0 Å². The highest BCUT2D eigenvalue weighted by molar-refractivity contribution is 6.19. The summed E-state index contributed by atoms with van der Waals surface area (Å²) in [6.45, 7) is 0.200. The van der Waals surface area contributed by atoms with Crippen molar-refractivity contribution in [1.82, 2.24) is 0 Å². The van der Waals surface area contributed by atoms with Crippen LogP contribution < -0.4 is 9.74 Å². The van der Waals surface area contributed by atoms with Gasteiger partial charge in [-0.25, -0.2) is 0 Å². The number of hydrogen-bond donors (Lipinski definition) is 0. The second-order valence-corrected chi connectivity index (χ2v) is 5.32. The maximum absolute atomic E-state index is 12.5. The Morgan fingerprint density at radius 2 is 2.00 bits per heavy atom. The van der Waals surface area contributed by atoms with Crippen molar-refractivity contribution in [2.75, 3.05) is 32.3 Å². The van der Waals surface area contributed by atoms with Gasteiger partial charge in [0.15, 0.2) is 5.75 Å². The zero-order chi connectivity index (χ0) is 17.6. The summed E-state index contributed by atoms with van der Waals surface area (Å²) in [5, 5.41) is 7.15. The Morgan fingerprint density at radius 3 is 2.72 bits per heavy atom. The van der Waals surface area contributed by atoms with Crippen LogP contribution in [-0.4, -0.2) is 39.1 Å². The van der Waals surface area contributed by atoms with Crippen LogP contribution >= 0.6 is 0 Å². The fourth-order valence-electron chi connectivity index (χ4n) is 2.65. The molecule has 0 aliphatic carbocycles. The van der Waals surface area contributed by atoms with Crippen molar-refractivity contribution >= 4 is 17.3 Å². The number of amides is 1. The first-order valence-corrected chi connectivity index (χ1v) is 7.74. The molecule has 25 heavy (non-hydrogen) atoms. The minimum atomic E-state index is -0.129. The first-order chi connectivity index (χ1) is 12.2. The molecule has 1 heterocycles. The quantitative estimate of drug-likeness (QED) is 0.621. The number of anilines is 1. The minimum Gasteiger partial charge on any atom is -0.364 e. The number of methoxy groups -OCH3 is 1. The first-order valence-electron chi connectivity index (χ1n) is 7.74. The molecule has 0 atom stereocenters. The molecule has 0 spiro atoms. The van der Waals surface area contributed by atoms with E-state index in [2.05, 4.69) is 15.4 Å². The van der Waals surface area contributed by atoms with Gasteiger partial charge in [0.05, 0.1) is 18.4 Å². The normalized spacial score (nSPS) is 14.2. The number of fused-ring (bicyclic) bond motifs is 1. The Morgan fingerprint density at radius 1 is 1.20 bits per heavy atom. The summed E-state index contributed by atoms with van der Waals surface area (Å²) in [7, 11) is 3.08. The molecule has 1 amide bonds. The number of aliphatic imine (C=N–C) groups is 1. The van der Waals surface area contributed by atoms with Gasteiger partial charge < -0.3 is 9.57 Å². The van der Waals surface area contributed by atoms with Crippen LogP contribution in [0.1, 0.15) is 11.1 Å². The summed E-state index contributed by atoms with van der Waals surface area (Å²) < 4.78 is 5.19. The lowest BCUT2D eigenvalue weighted by molar-refractivity contribution is -0.118. The summed E-state index contributed by atoms with van der Waals surface area (Å²) >= 11 is 0. The second kappa shape index (κ2) is 7.67. The molecule has 0 saturated heterocycles. The van der Waals surface area contributed by atoms with E-state index >= 15 is 0 Å².